The highest BCUT2D eigenvalue weighted by atomic mass is 79.9. The van der Waals surface area contributed by atoms with Gasteiger partial charge in [-0.05, 0) is 55.7 Å². The molecule has 0 aromatic carbocycles. The summed E-state index contributed by atoms with van der Waals surface area (Å²) in [5.41, 5.74) is -0.100. The Bertz CT molecular complexity index is 372. The fraction of sp³-hybridized carbons (Fsp3) is 0.769. The van der Waals surface area contributed by atoms with Crippen molar-refractivity contribution in [2.45, 2.75) is 32.2 Å². The summed E-state index contributed by atoms with van der Waals surface area (Å²) in [4.78, 5) is 2.47. The Balaban J connectivity index is 1.71. The van der Waals surface area contributed by atoms with Gasteiger partial charge in [0.25, 0.3) is 0 Å². The molecule has 2 heterocycles. The van der Waals surface area contributed by atoms with E-state index in [2.05, 4.69) is 39.8 Å². The zero-order valence-electron chi connectivity index (χ0n) is 11.2. The third kappa shape index (κ3) is 3.80. The summed E-state index contributed by atoms with van der Waals surface area (Å²) in [6.07, 6.45) is 6.48. The number of likely N-dealkylation sites (tertiary alicyclic amines) is 1. The van der Waals surface area contributed by atoms with Gasteiger partial charge in [0.05, 0.1) is 29.4 Å². The second-order valence-electron chi connectivity index (χ2n) is 5.52. The van der Waals surface area contributed by atoms with E-state index in [0.29, 0.717) is 6.61 Å². The molecule has 0 radical (unpaired) electrons. The van der Waals surface area contributed by atoms with Crippen molar-refractivity contribution in [2.24, 2.45) is 0 Å². The van der Waals surface area contributed by atoms with Gasteiger partial charge in [-0.2, -0.15) is 5.10 Å². The van der Waals surface area contributed by atoms with Gasteiger partial charge in [0.1, 0.15) is 0 Å². The van der Waals surface area contributed by atoms with Crippen molar-refractivity contribution in [1.29, 1.82) is 0 Å². The minimum Gasteiger partial charge on any atom is -0.378 e. The van der Waals surface area contributed by atoms with Crippen LogP contribution in [-0.2, 0) is 10.3 Å². The van der Waals surface area contributed by atoms with E-state index in [-0.39, 0.29) is 5.54 Å². The van der Waals surface area contributed by atoms with Crippen LogP contribution in [0.2, 0.25) is 0 Å². The molecular formula is C13H22BrN3O. The van der Waals surface area contributed by atoms with E-state index in [0.717, 1.165) is 17.6 Å². The molecule has 1 aliphatic heterocycles. The van der Waals surface area contributed by atoms with Crippen molar-refractivity contribution in [3.63, 3.8) is 0 Å². The fourth-order valence-corrected chi connectivity index (χ4v) is 2.51. The van der Waals surface area contributed by atoms with E-state index < -0.39 is 0 Å². The lowest BCUT2D eigenvalue weighted by Gasteiger charge is -2.25. The van der Waals surface area contributed by atoms with Crippen LogP contribution in [0.25, 0.3) is 0 Å². The van der Waals surface area contributed by atoms with Crippen LogP contribution in [0.1, 0.15) is 26.7 Å². The number of halogens is 1. The number of hydrogen-bond donors (Lipinski definition) is 0. The molecule has 4 nitrogen and oxygen atoms in total. The maximum atomic E-state index is 5.81. The lowest BCUT2D eigenvalue weighted by atomic mass is 10.1. The molecule has 0 aliphatic carbocycles. The molecule has 0 bridgehead atoms. The van der Waals surface area contributed by atoms with Crippen LogP contribution in [-0.4, -0.2) is 47.5 Å². The molecule has 18 heavy (non-hydrogen) atoms. The molecule has 1 saturated heterocycles. The van der Waals surface area contributed by atoms with Crippen LogP contribution in [0.5, 0.6) is 0 Å². The maximum absolute atomic E-state index is 5.81. The van der Waals surface area contributed by atoms with E-state index in [1.54, 1.807) is 0 Å². The predicted molar refractivity (Wildman–Crippen MR) is 75.7 cm³/mol. The molecule has 0 saturated carbocycles. The van der Waals surface area contributed by atoms with Gasteiger partial charge in [-0.25, -0.2) is 0 Å². The maximum Gasteiger partial charge on any atom is 0.0804 e. The standard InChI is InChI=1S/C13H22BrN3O/c1-13(2,17-10-12(14)9-15-17)11-18-8-7-16-5-3-4-6-16/h9-10H,3-8,11H2,1-2H3. The Labute approximate surface area is 117 Å². The monoisotopic (exact) mass is 315 g/mol. The SMILES string of the molecule is CC(C)(COCCN1CCCC1)n1cc(Br)cn1. The predicted octanol–water partition coefficient (Wildman–Crippen LogP) is 2.49. The molecule has 1 aromatic heterocycles. The zero-order valence-corrected chi connectivity index (χ0v) is 12.8. The molecule has 0 spiro atoms. The largest absolute Gasteiger partial charge is 0.378 e. The minimum absolute atomic E-state index is 0.100. The van der Waals surface area contributed by atoms with Crippen LogP contribution >= 0.6 is 15.9 Å². The number of hydrogen-bond acceptors (Lipinski definition) is 3. The van der Waals surface area contributed by atoms with Crippen molar-refractivity contribution in [3.8, 4) is 0 Å². The quantitative estimate of drug-likeness (QED) is 0.756. The molecule has 1 aliphatic rings. The first-order valence-corrected chi connectivity index (χ1v) is 7.38. The average Bonchev–Trinajstić information content (AvgIpc) is 2.95. The van der Waals surface area contributed by atoms with Crippen molar-refractivity contribution in [1.82, 2.24) is 14.7 Å². The molecule has 2 rings (SSSR count). The topological polar surface area (TPSA) is 30.3 Å². The Morgan fingerprint density at radius 3 is 2.72 bits per heavy atom. The fourth-order valence-electron chi connectivity index (χ4n) is 2.22. The summed E-state index contributed by atoms with van der Waals surface area (Å²) in [7, 11) is 0. The van der Waals surface area contributed by atoms with Crippen molar-refractivity contribution in [2.75, 3.05) is 32.8 Å². The molecular weight excluding hydrogens is 294 g/mol. The van der Waals surface area contributed by atoms with Gasteiger partial charge in [0, 0.05) is 12.7 Å². The summed E-state index contributed by atoms with van der Waals surface area (Å²) in [5, 5.41) is 4.32. The van der Waals surface area contributed by atoms with Crippen molar-refractivity contribution < 1.29 is 4.74 Å². The number of ether oxygens (including phenoxy) is 1. The normalized spacial score (nSPS) is 17.5. The van der Waals surface area contributed by atoms with Gasteiger partial charge >= 0.3 is 0 Å². The number of rotatable bonds is 6. The van der Waals surface area contributed by atoms with E-state index >= 15 is 0 Å². The Morgan fingerprint density at radius 2 is 2.11 bits per heavy atom. The van der Waals surface area contributed by atoms with E-state index in [4.69, 9.17) is 4.74 Å². The lowest BCUT2D eigenvalue weighted by molar-refractivity contribution is 0.0501. The molecule has 5 heteroatoms. The number of nitrogens with zero attached hydrogens (tertiary/aromatic N) is 3. The van der Waals surface area contributed by atoms with E-state index in [9.17, 15) is 0 Å². The highest BCUT2D eigenvalue weighted by Crippen LogP contribution is 2.18. The summed E-state index contributed by atoms with van der Waals surface area (Å²) in [5.74, 6) is 0. The van der Waals surface area contributed by atoms with E-state index in [1.807, 2.05) is 17.1 Å². The smallest absolute Gasteiger partial charge is 0.0804 e. The van der Waals surface area contributed by atoms with E-state index in [1.165, 1.54) is 25.9 Å². The van der Waals surface area contributed by atoms with Crippen LogP contribution in [0.15, 0.2) is 16.9 Å². The van der Waals surface area contributed by atoms with Crippen LogP contribution in [0.4, 0.5) is 0 Å². The van der Waals surface area contributed by atoms with Gasteiger partial charge in [-0.3, -0.25) is 4.68 Å². The van der Waals surface area contributed by atoms with Crippen molar-refractivity contribution >= 4 is 15.9 Å². The lowest BCUT2D eigenvalue weighted by Crippen LogP contribution is -2.34. The summed E-state index contributed by atoms with van der Waals surface area (Å²) in [6, 6.07) is 0. The van der Waals surface area contributed by atoms with Gasteiger partial charge in [-0.15, -0.1) is 0 Å². The Kier molecular flexibility index (Phi) is 4.81. The van der Waals surface area contributed by atoms with Crippen LogP contribution in [0, 0.1) is 0 Å². The summed E-state index contributed by atoms with van der Waals surface area (Å²) in [6.45, 7) is 9.31. The zero-order chi connectivity index (χ0) is 13.0. The first kappa shape index (κ1) is 14.0. The Hall–Kier alpha value is -0.390. The molecule has 0 amide bonds. The molecule has 0 N–H and O–H groups in total. The van der Waals surface area contributed by atoms with Gasteiger partial charge < -0.3 is 9.64 Å². The molecule has 0 unspecified atom stereocenters. The first-order valence-electron chi connectivity index (χ1n) is 6.59. The minimum atomic E-state index is -0.100. The van der Waals surface area contributed by atoms with Gasteiger partial charge in [0.2, 0.25) is 0 Å². The third-order valence-corrected chi connectivity index (χ3v) is 3.79. The molecule has 102 valence electrons. The highest BCUT2D eigenvalue weighted by Gasteiger charge is 2.21. The number of aromatic nitrogens is 2. The average molecular weight is 316 g/mol. The van der Waals surface area contributed by atoms with Gasteiger partial charge in [0.15, 0.2) is 0 Å². The molecule has 0 atom stereocenters. The second kappa shape index (κ2) is 6.17. The molecule has 1 aromatic rings. The van der Waals surface area contributed by atoms with Gasteiger partial charge in [-0.1, -0.05) is 0 Å². The highest BCUT2D eigenvalue weighted by molar-refractivity contribution is 9.10. The Morgan fingerprint density at radius 1 is 1.39 bits per heavy atom. The van der Waals surface area contributed by atoms with Crippen molar-refractivity contribution in [3.05, 3.63) is 16.9 Å². The first-order chi connectivity index (χ1) is 8.58. The third-order valence-electron chi connectivity index (χ3n) is 3.38. The van der Waals surface area contributed by atoms with Crippen LogP contribution < -0.4 is 0 Å². The molecule has 1 fully saturated rings. The van der Waals surface area contributed by atoms with Crippen LogP contribution in [0.3, 0.4) is 0 Å². The summed E-state index contributed by atoms with van der Waals surface area (Å²) >= 11 is 3.42. The summed E-state index contributed by atoms with van der Waals surface area (Å²) < 4.78 is 8.76. The second-order valence-corrected chi connectivity index (χ2v) is 6.43.